The fraction of sp³-hybridized carbons (Fsp3) is 0.400. The Morgan fingerprint density at radius 3 is 2.75 bits per heavy atom. The summed E-state index contributed by atoms with van der Waals surface area (Å²) in [6, 6.07) is 1.53. The molecule has 0 aliphatic rings. The van der Waals surface area contributed by atoms with E-state index in [-0.39, 0.29) is 18.9 Å². The van der Waals surface area contributed by atoms with Gasteiger partial charge in [-0.1, -0.05) is 0 Å². The number of aliphatic hydroxyl groups excluding tert-OH is 1. The molecule has 1 atom stereocenters. The first-order valence-electron chi connectivity index (χ1n) is 4.75. The summed E-state index contributed by atoms with van der Waals surface area (Å²) in [5.41, 5.74) is 0.407. The normalized spacial score (nSPS) is 12.1. The summed E-state index contributed by atoms with van der Waals surface area (Å²) in [5.74, 6) is -1.14. The van der Waals surface area contributed by atoms with E-state index in [2.05, 4.69) is 5.32 Å². The number of carboxylic acids is 1. The lowest BCUT2D eigenvalue weighted by molar-refractivity contribution is -0.146. The number of carbonyl (C=O) groups excluding carboxylic acids is 1. The minimum atomic E-state index is -1.45. The Labute approximate surface area is 91.9 Å². The second-order valence-electron chi connectivity index (χ2n) is 3.29. The highest BCUT2D eigenvalue weighted by Crippen LogP contribution is 2.07. The molecular weight excluding hydrogens is 214 g/mol. The Balaban J connectivity index is 2.37. The summed E-state index contributed by atoms with van der Waals surface area (Å²) in [7, 11) is 0. The molecule has 0 aromatic carbocycles. The smallest absolute Gasteiger partial charge is 0.332 e. The first-order valence-corrected chi connectivity index (χ1v) is 4.75. The van der Waals surface area contributed by atoms with Crippen molar-refractivity contribution in [2.24, 2.45) is 0 Å². The molecular formula is C10H13NO5. The lowest BCUT2D eigenvalue weighted by Crippen LogP contribution is -2.30. The molecule has 0 spiro atoms. The van der Waals surface area contributed by atoms with Crippen molar-refractivity contribution in [1.29, 1.82) is 0 Å². The number of aliphatic carboxylic acids is 1. The van der Waals surface area contributed by atoms with Gasteiger partial charge in [0.15, 0.2) is 6.10 Å². The molecule has 0 fully saturated rings. The maximum Gasteiger partial charge on any atom is 0.332 e. The first-order chi connectivity index (χ1) is 7.52. The maximum atomic E-state index is 11.5. The van der Waals surface area contributed by atoms with Gasteiger partial charge in [0.05, 0.1) is 11.8 Å². The zero-order chi connectivity index (χ0) is 12.1. The van der Waals surface area contributed by atoms with Crippen LogP contribution < -0.4 is 5.32 Å². The largest absolute Gasteiger partial charge is 0.479 e. The second-order valence-corrected chi connectivity index (χ2v) is 3.29. The number of amides is 1. The number of furan rings is 1. The maximum absolute atomic E-state index is 11.5. The van der Waals surface area contributed by atoms with Crippen molar-refractivity contribution in [3.63, 3.8) is 0 Å². The second kappa shape index (κ2) is 5.32. The van der Waals surface area contributed by atoms with Crippen LogP contribution in [0.3, 0.4) is 0 Å². The minimum Gasteiger partial charge on any atom is -0.479 e. The molecule has 1 amide bonds. The van der Waals surface area contributed by atoms with Crippen molar-refractivity contribution in [1.82, 2.24) is 5.32 Å². The number of rotatable bonds is 5. The molecule has 88 valence electrons. The SMILES string of the molecule is Cc1occc1C(=O)NCC[C@H](O)C(=O)O. The van der Waals surface area contributed by atoms with E-state index in [1.807, 2.05) is 0 Å². The van der Waals surface area contributed by atoms with Crippen LogP contribution in [0.4, 0.5) is 0 Å². The van der Waals surface area contributed by atoms with Crippen LogP contribution >= 0.6 is 0 Å². The lowest BCUT2D eigenvalue weighted by Gasteiger charge is -2.06. The molecule has 6 nitrogen and oxygen atoms in total. The molecule has 16 heavy (non-hydrogen) atoms. The van der Waals surface area contributed by atoms with E-state index < -0.39 is 12.1 Å². The van der Waals surface area contributed by atoms with Gasteiger partial charge in [0, 0.05) is 13.0 Å². The molecule has 3 N–H and O–H groups in total. The molecule has 0 radical (unpaired) electrons. The van der Waals surface area contributed by atoms with Crippen molar-refractivity contribution >= 4 is 11.9 Å². The standard InChI is InChI=1S/C10H13NO5/c1-6-7(3-5-16-6)9(13)11-4-2-8(12)10(14)15/h3,5,8,12H,2,4H2,1H3,(H,11,13)(H,14,15)/t8-/m0/s1. The molecule has 0 bridgehead atoms. The summed E-state index contributed by atoms with van der Waals surface area (Å²) < 4.78 is 4.95. The number of carbonyl (C=O) groups is 2. The van der Waals surface area contributed by atoms with Gasteiger partial charge in [-0.25, -0.2) is 4.79 Å². The fourth-order valence-electron chi connectivity index (χ4n) is 1.16. The van der Waals surface area contributed by atoms with E-state index in [1.165, 1.54) is 12.3 Å². The molecule has 1 rings (SSSR count). The predicted octanol–water partition coefficient (Wildman–Crippen LogP) is 0.153. The monoisotopic (exact) mass is 227 g/mol. The van der Waals surface area contributed by atoms with Gasteiger partial charge in [0.25, 0.3) is 5.91 Å². The van der Waals surface area contributed by atoms with Crippen molar-refractivity contribution in [2.45, 2.75) is 19.4 Å². The van der Waals surface area contributed by atoms with Gasteiger partial charge >= 0.3 is 5.97 Å². The van der Waals surface area contributed by atoms with Crippen LogP contribution in [-0.2, 0) is 4.79 Å². The summed E-state index contributed by atoms with van der Waals surface area (Å²) in [4.78, 5) is 21.8. The van der Waals surface area contributed by atoms with Gasteiger partial charge in [0.1, 0.15) is 5.76 Å². The minimum absolute atomic E-state index is 0.0298. The molecule has 1 aromatic heterocycles. The van der Waals surface area contributed by atoms with Crippen molar-refractivity contribution in [3.8, 4) is 0 Å². The zero-order valence-electron chi connectivity index (χ0n) is 8.77. The van der Waals surface area contributed by atoms with E-state index in [9.17, 15) is 9.59 Å². The Morgan fingerprint density at radius 2 is 2.25 bits per heavy atom. The number of carboxylic acid groups (broad SMARTS) is 1. The van der Waals surface area contributed by atoms with Crippen molar-refractivity contribution in [3.05, 3.63) is 23.7 Å². The third-order valence-corrected chi connectivity index (χ3v) is 2.09. The summed E-state index contributed by atoms with van der Waals surface area (Å²) in [6.07, 6.45) is -0.0837. The number of nitrogens with one attached hydrogen (secondary N) is 1. The van der Waals surface area contributed by atoms with E-state index >= 15 is 0 Å². The van der Waals surface area contributed by atoms with E-state index in [0.29, 0.717) is 11.3 Å². The van der Waals surface area contributed by atoms with Crippen LogP contribution in [0.1, 0.15) is 22.5 Å². The summed E-state index contributed by atoms with van der Waals surface area (Å²) in [5, 5.41) is 19.8. The number of aliphatic hydroxyl groups is 1. The van der Waals surface area contributed by atoms with Crippen molar-refractivity contribution in [2.75, 3.05) is 6.54 Å². The highest BCUT2D eigenvalue weighted by Gasteiger charge is 2.14. The third-order valence-electron chi connectivity index (χ3n) is 2.09. The number of aryl methyl sites for hydroxylation is 1. The molecule has 1 heterocycles. The van der Waals surface area contributed by atoms with E-state index in [4.69, 9.17) is 14.6 Å². The van der Waals surface area contributed by atoms with Crippen LogP contribution in [0, 0.1) is 6.92 Å². The van der Waals surface area contributed by atoms with Crippen LogP contribution in [0.25, 0.3) is 0 Å². The Bertz CT molecular complexity index is 384. The molecule has 1 aromatic rings. The zero-order valence-corrected chi connectivity index (χ0v) is 8.77. The summed E-state index contributed by atoms with van der Waals surface area (Å²) in [6.45, 7) is 1.75. The molecule has 0 saturated heterocycles. The van der Waals surface area contributed by atoms with Crippen LogP contribution in [0.5, 0.6) is 0 Å². The van der Waals surface area contributed by atoms with Crippen molar-refractivity contribution < 1.29 is 24.2 Å². The summed E-state index contributed by atoms with van der Waals surface area (Å²) >= 11 is 0. The van der Waals surface area contributed by atoms with Gasteiger partial charge in [-0.05, 0) is 13.0 Å². The van der Waals surface area contributed by atoms with Gasteiger partial charge in [-0.2, -0.15) is 0 Å². The first kappa shape index (κ1) is 12.3. The molecule has 0 saturated carbocycles. The van der Waals surface area contributed by atoms with E-state index in [0.717, 1.165) is 0 Å². The van der Waals surface area contributed by atoms with Crippen LogP contribution in [0.15, 0.2) is 16.7 Å². The molecule has 0 unspecified atom stereocenters. The number of hydrogen-bond donors (Lipinski definition) is 3. The van der Waals surface area contributed by atoms with Gasteiger partial charge < -0.3 is 19.9 Å². The lowest BCUT2D eigenvalue weighted by atomic mass is 10.2. The highest BCUT2D eigenvalue weighted by molar-refractivity contribution is 5.95. The van der Waals surface area contributed by atoms with Crippen LogP contribution in [-0.4, -0.2) is 34.7 Å². The highest BCUT2D eigenvalue weighted by atomic mass is 16.4. The van der Waals surface area contributed by atoms with Crippen LogP contribution in [0.2, 0.25) is 0 Å². The Morgan fingerprint density at radius 1 is 1.56 bits per heavy atom. The average molecular weight is 227 g/mol. The van der Waals surface area contributed by atoms with E-state index in [1.54, 1.807) is 6.92 Å². The Kier molecular flexibility index (Phi) is 4.07. The quantitative estimate of drug-likeness (QED) is 0.665. The topological polar surface area (TPSA) is 99.8 Å². The molecule has 0 aliphatic carbocycles. The third kappa shape index (κ3) is 3.09. The molecule has 6 heteroatoms. The van der Waals surface area contributed by atoms with Gasteiger partial charge in [-0.15, -0.1) is 0 Å². The molecule has 0 aliphatic heterocycles. The number of hydrogen-bond acceptors (Lipinski definition) is 4. The average Bonchev–Trinajstić information content (AvgIpc) is 2.64. The predicted molar refractivity (Wildman–Crippen MR) is 54.0 cm³/mol. The van der Waals surface area contributed by atoms with Gasteiger partial charge in [-0.3, -0.25) is 4.79 Å². The van der Waals surface area contributed by atoms with Gasteiger partial charge in [0.2, 0.25) is 0 Å². The Hall–Kier alpha value is -1.82. The fourth-order valence-corrected chi connectivity index (χ4v) is 1.16.